The maximum atomic E-state index is 13.1. The summed E-state index contributed by atoms with van der Waals surface area (Å²) >= 11 is 0. The average molecular weight is 379 g/mol. The highest BCUT2D eigenvalue weighted by atomic mass is 16.5. The number of ether oxygens (including phenoxy) is 1. The second kappa shape index (κ2) is 7.89. The van der Waals surface area contributed by atoms with E-state index >= 15 is 0 Å². The fourth-order valence-electron chi connectivity index (χ4n) is 3.17. The Morgan fingerprint density at radius 1 is 1.07 bits per heavy atom. The van der Waals surface area contributed by atoms with Gasteiger partial charge >= 0.3 is 5.97 Å². The van der Waals surface area contributed by atoms with Crippen LogP contribution < -0.4 is 4.74 Å². The summed E-state index contributed by atoms with van der Waals surface area (Å²) in [7, 11) is 0. The molecule has 2 aromatic carbocycles. The first-order valence-corrected chi connectivity index (χ1v) is 9.41. The summed E-state index contributed by atoms with van der Waals surface area (Å²) in [6, 6.07) is 14.4. The van der Waals surface area contributed by atoms with Gasteiger partial charge < -0.3 is 9.84 Å². The molecule has 1 N–H and O–H groups in total. The van der Waals surface area contributed by atoms with Gasteiger partial charge in [-0.15, -0.1) is 0 Å². The van der Waals surface area contributed by atoms with Crippen molar-refractivity contribution in [2.24, 2.45) is 5.92 Å². The van der Waals surface area contributed by atoms with Crippen LogP contribution in [0.2, 0.25) is 0 Å². The van der Waals surface area contributed by atoms with Crippen molar-refractivity contribution in [3.8, 4) is 5.75 Å². The summed E-state index contributed by atoms with van der Waals surface area (Å²) in [5, 5.41) is 9.92. The van der Waals surface area contributed by atoms with Crippen molar-refractivity contribution in [2.45, 2.75) is 40.2 Å². The molecule has 3 rings (SSSR count). The average Bonchev–Trinajstić information content (AvgIpc) is 2.98. The quantitative estimate of drug-likeness (QED) is 0.675. The Hall–Kier alpha value is -3.08. The molecule has 0 aliphatic heterocycles. The molecule has 5 nitrogen and oxygen atoms in total. The SMILES string of the molecule is Cc1cc2c(CC(=O)O)cccc2n1C(=O)c1ccc(OC(C)C(C)C)cc1. The smallest absolute Gasteiger partial charge is 0.307 e. The van der Waals surface area contributed by atoms with Crippen LogP contribution in [0, 0.1) is 12.8 Å². The number of aryl methyl sites for hydroxylation is 1. The van der Waals surface area contributed by atoms with Gasteiger partial charge in [0.2, 0.25) is 0 Å². The molecule has 146 valence electrons. The first kappa shape index (κ1) is 19.7. The Bertz CT molecular complexity index is 1020. The molecule has 28 heavy (non-hydrogen) atoms. The summed E-state index contributed by atoms with van der Waals surface area (Å²) in [5.41, 5.74) is 2.74. The number of hydrogen-bond donors (Lipinski definition) is 1. The molecule has 0 aliphatic carbocycles. The van der Waals surface area contributed by atoms with Gasteiger partial charge in [-0.3, -0.25) is 14.2 Å². The first-order valence-electron chi connectivity index (χ1n) is 9.41. The molecule has 1 heterocycles. The third-order valence-electron chi connectivity index (χ3n) is 5.03. The van der Waals surface area contributed by atoms with Crippen LogP contribution in [0.15, 0.2) is 48.5 Å². The van der Waals surface area contributed by atoms with E-state index in [1.165, 1.54) is 0 Å². The second-order valence-electron chi connectivity index (χ2n) is 7.44. The van der Waals surface area contributed by atoms with Crippen LogP contribution in [-0.2, 0) is 11.2 Å². The molecular weight excluding hydrogens is 354 g/mol. The molecule has 5 heteroatoms. The van der Waals surface area contributed by atoms with Crippen molar-refractivity contribution in [3.63, 3.8) is 0 Å². The maximum absolute atomic E-state index is 13.1. The fourth-order valence-corrected chi connectivity index (χ4v) is 3.17. The number of benzene rings is 2. The largest absolute Gasteiger partial charge is 0.490 e. The lowest BCUT2D eigenvalue weighted by Gasteiger charge is -2.18. The lowest BCUT2D eigenvalue weighted by Crippen LogP contribution is -2.18. The van der Waals surface area contributed by atoms with E-state index in [4.69, 9.17) is 9.84 Å². The second-order valence-corrected chi connectivity index (χ2v) is 7.44. The minimum atomic E-state index is -0.893. The van der Waals surface area contributed by atoms with Crippen LogP contribution in [0.1, 0.15) is 42.4 Å². The van der Waals surface area contributed by atoms with Gasteiger partial charge in [-0.25, -0.2) is 0 Å². The maximum Gasteiger partial charge on any atom is 0.307 e. The summed E-state index contributed by atoms with van der Waals surface area (Å²) in [6.45, 7) is 8.07. The predicted octanol–water partition coefficient (Wildman–Crippen LogP) is 4.69. The fraction of sp³-hybridized carbons (Fsp3) is 0.304. The van der Waals surface area contributed by atoms with E-state index in [2.05, 4.69) is 13.8 Å². The van der Waals surface area contributed by atoms with Gasteiger partial charge in [0, 0.05) is 16.6 Å². The van der Waals surface area contributed by atoms with E-state index in [0.29, 0.717) is 17.0 Å². The lowest BCUT2D eigenvalue weighted by molar-refractivity contribution is -0.136. The van der Waals surface area contributed by atoms with Gasteiger partial charge in [-0.2, -0.15) is 0 Å². The Labute approximate surface area is 164 Å². The first-order chi connectivity index (χ1) is 13.3. The number of hydrogen-bond acceptors (Lipinski definition) is 3. The van der Waals surface area contributed by atoms with Crippen LogP contribution in [0.5, 0.6) is 5.75 Å². The Morgan fingerprint density at radius 3 is 2.36 bits per heavy atom. The number of nitrogens with zero attached hydrogens (tertiary/aromatic N) is 1. The Morgan fingerprint density at radius 2 is 1.75 bits per heavy atom. The molecule has 0 saturated carbocycles. The third kappa shape index (κ3) is 3.93. The molecule has 0 fully saturated rings. The molecule has 0 bridgehead atoms. The minimum absolute atomic E-state index is 0.0743. The molecule has 0 aliphatic rings. The Balaban J connectivity index is 1.93. The van der Waals surface area contributed by atoms with Gasteiger partial charge in [0.05, 0.1) is 18.0 Å². The van der Waals surface area contributed by atoms with Crippen molar-refractivity contribution < 1.29 is 19.4 Å². The number of carbonyl (C=O) groups is 2. The van der Waals surface area contributed by atoms with Gasteiger partial charge in [-0.05, 0) is 61.7 Å². The van der Waals surface area contributed by atoms with Gasteiger partial charge in [0.15, 0.2) is 0 Å². The molecule has 0 amide bonds. The molecule has 3 aromatic rings. The zero-order valence-electron chi connectivity index (χ0n) is 16.6. The van der Waals surface area contributed by atoms with E-state index in [-0.39, 0.29) is 18.4 Å². The highest BCUT2D eigenvalue weighted by molar-refractivity contribution is 6.04. The summed E-state index contributed by atoms with van der Waals surface area (Å²) < 4.78 is 7.51. The van der Waals surface area contributed by atoms with Crippen molar-refractivity contribution in [1.82, 2.24) is 4.57 Å². The van der Waals surface area contributed by atoms with Gasteiger partial charge in [-0.1, -0.05) is 26.0 Å². The molecule has 1 atom stereocenters. The summed E-state index contributed by atoms with van der Waals surface area (Å²) in [5.74, 6) is 0.0876. The number of carbonyl (C=O) groups excluding carboxylic acids is 1. The number of aromatic nitrogens is 1. The van der Waals surface area contributed by atoms with E-state index in [1.54, 1.807) is 28.8 Å². The lowest BCUT2D eigenvalue weighted by atomic mass is 10.1. The molecular formula is C23H25NO4. The predicted molar refractivity (Wildman–Crippen MR) is 109 cm³/mol. The topological polar surface area (TPSA) is 68.5 Å². The van der Waals surface area contributed by atoms with Crippen molar-refractivity contribution in [3.05, 3.63) is 65.4 Å². The van der Waals surface area contributed by atoms with Gasteiger partial charge in [0.1, 0.15) is 5.75 Å². The zero-order valence-corrected chi connectivity index (χ0v) is 16.6. The molecule has 0 radical (unpaired) electrons. The van der Waals surface area contributed by atoms with Crippen LogP contribution >= 0.6 is 0 Å². The monoisotopic (exact) mass is 379 g/mol. The summed E-state index contributed by atoms with van der Waals surface area (Å²) in [4.78, 5) is 24.2. The number of carboxylic acids is 1. The standard InChI is InChI=1S/C23H25NO4/c1-14(2)16(4)28-19-10-8-17(9-11-19)23(27)24-15(3)12-20-18(13-22(25)26)6-5-7-21(20)24/h5-12,14,16H,13H2,1-4H3,(H,25,26). The van der Waals surface area contributed by atoms with Crippen LogP contribution in [-0.4, -0.2) is 27.7 Å². The minimum Gasteiger partial charge on any atom is -0.490 e. The van der Waals surface area contributed by atoms with Crippen molar-refractivity contribution in [2.75, 3.05) is 0 Å². The number of aliphatic carboxylic acids is 1. The molecule has 1 aromatic heterocycles. The van der Waals surface area contributed by atoms with Gasteiger partial charge in [0.25, 0.3) is 5.91 Å². The number of fused-ring (bicyclic) bond motifs is 1. The van der Waals surface area contributed by atoms with E-state index < -0.39 is 5.97 Å². The van der Waals surface area contributed by atoms with Crippen molar-refractivity contribution in [1.29, 1.82) is 0 Å². The zero-order chi connectivity index (χ0) is 20.4. The number of carboxylic acid groups (broad SMARTS) is 1. The van der Waals surface area contributed by atoms with Crippen LogP contribution in [0.3, 0.4) is 0 Å². The Kier molecular flexibility index (Phi) is 5.54. The third-order valence-corrected chi connectivity index (χ3v) is 5.03. The van der Waals surface area contributed by atoms with E-state index in [0.717, 1.165) is 22.3 Å². The molecule has 0 saturated heterocycles. The highest BCUT2D eigenvalue weighted by Gasteiger charge is 2.17. The molecule has 0 spiro atoms. The van der Waals surface area contributed by atoms with Crippen LogP contribution in [0.4, 0.5) is 0 Å². The van der Waals surface area contributed by atoms with E-state index in [9.17, 15) is 9.59 Å². The normalized spacial score (nSPS) is 12.3. The highest BCUT2D eigenvalue weighted by Crippen LogP contribution is 2.25. The van der Waals surface area contributed by atoms with Crippen LogP contribution in [0.25, 0.3) is 10.9 Å². The molecule has 1 unspecified atom stereocenters. The van der Waals surface area contributed by atoms with E-state index in [1.807, 2.05) is 38.1 Å². The van der Waals surface area contributed by atoms with Crippen molar-refractivity contribution >= 4 is 22.8 Å². The number of rotatable bonds is 6. The summed E-state index contributed by atoms with van der Waals surface area (Å²) in [6.07, 6.45) is 0.0135.